The van der Waals surface area contributed by atoms with E-state index in [0.29, 0.717) is 6.04 Å². The van der Waals surface area contributed by atoms with E-state index in [1.165, 1.54) is 38.9 Å². The van der Waals surface area contributed by atoms with Gasteiger partial charge in [-0.05, 0) is 39.4 Å². The number of nitrogens with two attached hydrogens (primary N) is 1. The molecule has 0 aromatic carbocycles. The van der Waals surface area contributed by atoms with E-state index in [0.717, 1.165) is 12.6 Å². The average Bonchev–Trinajstić information content (AvgIpc) is 2.64. The maximum atomic E-state index is 5.88. The van der Waals surface area contributed by atoms with Crippen LogP contribution in [0.1, 0.15) is 19.3 Å². The van der Waals surface area contributed by atoms with Crippen LogP contribution in [0, 0.1) is 0 Å². The lowest BCUT2D eigenvalue weighted by Crippen LogP contribution is -2.38. The first-order chi connectivity index (χ1) is 6.25. The van der Waals surface area contributed by atoms with E-state index in [1.54, 1.807) is 0 Å². The Labute approximate surface area is 80.9 Å². The summed E-state index contributed by atoms with van der Waals surface area (Å²) in [6.45, 7) is 4.85. The number of hydrogen-bond donors (Lipinski definition) is 1. The molecular weight excluding hydrogens is 162 g/mol. The molecule has 2 unspecified atom stereocenters. The lowest BCUT2D eigenvalue weighted by atomic mass is 10.2. The van der Waals surface area contributed by atoms with Crippen LogP contribution in [0.2, 0.25) is 0 Å². The predicted octanol–water partition coefficient (Wildman–Crippen LogP) is 0.114. The van der Waals surface area contributed by atoms with Crippen LogP contribution in [0.3, 0.4) is 0 Å². The highest BCUT2D eigenvalue weighted by Gasteiger charge is 2.26. The van der Waals surface area contributed by atoms with Crippen molar-refractivity contribution in [1.82, 2.24) is 9.80 Å². The molecule has 2 aliphatic heterocycles. The van der Waals surface area contributed by atoms with E-state index in [2.05, 4.69) is 16.8 Å². The Hall–Kier alpha value is -0.120. The van der Waals surface area contributed by atoms with Crippen LogP contribution in [0.4, 0.5) is 0 Å². The quantitative estimate of drug-likeness (QED) is 0.660. The Bertz CT molecular complexity index is 172. The van der Waals surface area contributed by atoms with Gasteiger partial charge in [0.25, 0.3) is 0 Å². The van der Waals surface area contributed by atoms with E-state index in [9.17, 15) is 0 Å². The Morgan fingerprint density at radius 2 is 2.15 bits per heavy atom. The topological polar surface area (TPSA) is 32.5 Å². The molecule has 0 radical (unpaired) electrons. The van der Waals surface area contributed by atoms with Crippen LogP contribution >= 0.6 is 0 Å². The molecule has 2 rings (SSSR count). The van der Waals surface area contributed by atoms with Gasteiger partial charge in [0.15, 0.2) is 0 Å². The zero-order valence-electron chi connectivity index (χ0n) is 8.58. The summed E-state index contributed by atoms with van der Waals surface area (Å²) >= 11 is 0. The van der Waals surface area contributed by atoms with Crippen LogP contribution < -0.4 is 5.73 Å². The highest BCUT2D eigenvalue weighted by Crippen LogP contribution is 2.17. The largest absolute Gasteiger partial charge is 0.326 e. The first-order valence-corrected chi connectivity index (χ1v) is 5.44. The van der Waals surface area contributed by atoms with Crippen molar-refractivity contribution in [3.05, 3.63) is 0 Å². The maximum absolute atomic E-state index is 5.88. The van der Waals surface area contributed by atoms with Gasteiger partial charge in [0, 0.05) is 25.2 Å². The maximum Gasteiger partial charge on any atom is 0.0220 e. The molecule has 0 spiro atoms. The molecular formula is C10H21N3. The number of nitrogens with zero attached hydrogens (tertiary/aromatic N) is 2. The van der Waals surface area contributed by atoms with Crippen molar-refractivity contribution in [2.75, 3.05) is 33.2 Å². The summed E-state index contributed by atoms with van der Waals surface area (Å²) in [5, 5.41) is 0. The molecule has 0 aromatic rings. The van der Waals surface area contributed by atoms with Crippen molar-refractivity contribution >= 4 is 0 Å². The molecule has 0 aromatic heterocycles. The summed E-state index contributed by atoms with van der Waals surface area (Å²) in [6.07, 6.45) is 3.94. The van der Waals surface area contributed by atoms with Crippen LogP contribution in [0.25, 0.3) is 0 Å². The fourth-order valence-corrected chi connectivity index (χ4v) is 2.54. The smallest absolute Gasteiger partial charge is 0.0220 e. The van der Waals surface area contributed by atoms with Crippen molar-refractivity contribution in [2.24, 2.45) is 5.73 Å². The van der Waals surface area contributed by atoms with E-state index in [-0.39, 0.29) is 0 Å². The molecule has 0 bridgehead atoms. The zero-order chi connectivity index (χ0) is 9.26. The molecule has 2 fully saturated rings. The summed E-state index contributed by atoms with van der Waals surface area (Å²) in [4.78, 5) is 5.01. The van der Waals surface area contributed by atoms with Crippen molar-refractivity contribution in [3.8, 4) is 0 Å². The molecule has 2 atom stereocenters. The summed E-state index contributed by atoms with van der Waals surface area (Å²) in [5.41, 5.74) is 5.88. The Morgan fingerprint density at radius 1 is 1.31 bits per heavy atom. The summed E-state index contributed by atoms with van der Waals surface area (Å²) < 4.78 is 0. The first kappa shape index (κ1) is 9.44. The minimum atomic E-state index is 0.437. The van der Waals surface area contributed by atoms with Crippen LogP contribution in [0.15, 0.2) is 0 Å². The second-order valence-corrected chi connectivity index (χ2v) is 4.58. The van der Waals surface area contributed by atoms with Gasteiger partial charge in [0.1, 0.15) is 0 Å². The van der Waals surface area contributed by atoms with Gasteiger partial charge in [-0.1, -0.05) is 0 Å². The van der Waals surface area contributed by atoms with Crippen LogP contribution in [-0.4, -0.2) is 55.1 Å². The zero-order valence-corrected chi connectivity index (χ0v) is 8.58. The van der Waals surface area contributed by atoms with Gasteiger partial charge < -0.3 is 15.5 Å². The van der Waals surface area contributed by atoms with E-state index < -0.39 is 0 Å². The Morgan fingerprint density at radius 3 is 2.69 bits per heavy atom. The minimum Gasteiger partial charge on any atom is -0.326 e. The Balaban J connectivity index is 1.77. The third-order valence-corrected chi connectivity index (χ3v) is 3.45. The van der Waals surface area contributed by atoms with Gasteiger partial charge in [-0.25, -0.2) is 0 Å². The molecule has 0 aliphatic carbocycles. The summed E-state index contributed by atoms with van der Waals surface area (Å²) in [7, 11) is 2.24. The lowest BCUT2D eigenvalue weighted by Gasteiger charge is -2.25. The molecule has 76 valence electrons. The molecule has 2 N–H and O–H groups in total. The predicted molar refractivity (Wildman–Crippen MR) is 54.7 cm³/mol. The third-order valence-electron chi connectivity index (χ3n) is 3.45. The molecule has 2 saturated heterocycles. The van der Waals surface area contributed by atoms with Crippen LogP contribution in [0.5, 0.6) is 0 Å². The monoisotopic (exact) mass is 183 g/mol. The number of rotatable bonds is 2. The highest BCUT2D eigenvalue weighted by atomic mass is 15.2. The number of likely N-dealkylation sites (tertiary alicyclic amines) is 2. The van der Waals surface area contributed by atoms with Gasteiger partial charge in [0.05, 0.1) is 0 Å². The van der Waals surface area contributed by atoms with Gasteiger partial charge in [0.2, 0.25) is 0 Å². The van der Waals surface area contributed by atoms with Crippen molar-refractivity contribution in [3.63, 3.8) is 0 Å². The summed E-state index contributed by atoms with van der Waals surface area (Å²) in [5.74, 6) is 0. The van der Waals surface area contributed by atoms with Crippen LogP contribution in [-0.2, 0) is 0 Å². The number of hydrogen-bond acceptors (Lipinski definition) is 3. The highest BCUT2D eigenvalue weighted by molar-refractivity contribution is 4.84. The molecule has 3 nitrogen and oxygen atoms in total. The molecule has 0 saturated carbocycles. The second-order valence-electron chi connectivity index (χ2n) is 4.58. The molecule has 3 heteroatoms. The fraction of sp³-hybridized carbons (Fsp3) is 1.00. The molecule has 2 aliphatic rings. The van der Waals surface area contributed by atoms with E-state index in [4.69, 9.17) is 5.73 Å². The van der Waals surface area contributed by atoms with Crippen molar-refractivity contribution < 1.29 is 0 Å². The third kappa shape index (κ3) is 2.22. The van der Waals surface area contributed by atoms with E-state index in [1.807, 2.05) is 0 Å². The molecule has 13 heavy (non-hydrogen) atoms. The van der Waals surface area contributed by atoms with Crippen molar-refractivity contribution in [2.45, 2.75) is 31.3 Å². The summed E-state index contributed by atoms with van der Waals surface area (Å²) in [6, 6.07) is 1.23. The van der Waals surface area contributed by atoms with Gasteiger partial charge in [-0.15, -0.1) is 0 Å². The van der Waals surface area contributed by atoms with Gasteiger partial charge in [-0.3, -0.25) is 0 Å². The second kappa shape index (κ2) is 3.95. The normalized spacial score (nSPS) is 37.4. The SMILES string of the molecule is CN1CCCC1CN1CCC(N)C1. The van der Waals surface area contributed by atoms with Gasteiger partial charge in [-0.2, -0.15) is 0 Å². The fourth-order valence-electron chi connectivity index (χ4n) is 2.54. The average molecular weight is 183 g/mol. The molecule has 0 amide bonds. The standard InChI is InChI=1S/C10H21N3/c1-12-5-2-3-10(12)8-13-6-4-9(11)7-13/h9-10H,2-8,11H2,1H3. The minimum absolute atomic E-state index is 0.437. The first-order valence-electron chi connectivity index (χ1n) is 5.44. The number of likely N-dealkylation sites (N-methyl/N-ethyl adjacent to an activating group) is 1. The lowest BCUT2D eigenvalue weighted by molar-refractivity contribution is 0.219. The molecule has 2 heterocycles. The van der Waals surface area contributed by atoms with Crippen molar-refractivity contribution in [1.29, 1.82) is 0 Å². The van der Waals surface area contributed by atoms with Gasteiger partial charge >= 0.3 is 0 Å². The Kier molecular flexibility index (Phi) is 2.86. The van der Waals surface area contributed by atoms with E-state index >= 15 is 0 Å².